The topological polar surface area (TPSA) is 41.6 Å². The lowest BCUT2D eigenvalue weighted by Gasteiger charge is -2.33. The molecule has 1 saturated carbocycles. The maximum atomic E-state index is 12.3. The fourth-order valence-corrected chi connectivity index (χ4v) is 3.14. The lowest BCUT2D eigenvalue weighted by molar-refractivity contribution is -0.151. The molecule has 0 bridgehead atoms. The predicted octanol–water partition coefficient (Wildman–Crippen LogP) is 2.04. The molecule has 1 aliphatic heterocycles. The molecule has 0 aromatic carbocycles. The molecule has 1 heterocycles. The molecule has 2 aliphatic rings. The highest BCUT2D eigenvalue weighted by molar-refractivity contribution is 5.80. The van der Waals surface area contributed by atoms with Crippen molar-refractivity contribution >= 4 is 5.97 Å². The second-order valence-corrected chi connectivity index (χ2v) is 7.00. The van der Waals surface area contributed by atoms with Crippen LogP contribution in [0.2, 0.25) is 0 Å². The summed E-state index contributed by atoms with van der Waals surface area (Å²) >= 11 is 0. The summed E-state index contributed by atoms with van der Waals surface area (Å²) in [5, 5.41) is 3.51. The van der Waals surface area contributed by atoms with E-state index in [9.17, 15) is 4.79 Å². The third kappa shape index (κ3) is 3.95. The van der Waals surface area contributed by atoms with Crippen LogP contribution in [-0.4, -0.2) is 48.7 Å². The molecule has 1 N–H and O–H groups in total. The van der Waals surface area contributed by atoms with Gasteiger partial charge in [-0.2, -0.15) is 0 Å². The Morgan fingerprint density at radius 2 is 2.10 bits per heavy atom. The standard InChI is InChI=1S/C16H30N2O2/c1-5-20-15(19)16(4,17-14-6-7-14)11-18-9-8-13(10-18)12(2)3/h12-14,17H,5-11H2,1-4H3. The van der Waals surface area contributed by atoms with Crippen molar-refractivity contribution in [2.75, 3.05) is 26.2 Å². The van der Waals surface area contributed by atoms with Crippen molar-refractivity contribution in [3.63, 3.8) is 0 Å². The molecule has 116 valence electrons. The number of rotatable bonds is 7. The van der Waals surface area contributed by atoms with Gasteiger partial charge in [-0.15, -0.1) is 0 Å². The lowest BCUT2D eigenvalue weighted by Crippen LogP contribution is -2.58. The SMILES string of the molecule is CCOC(=O)C(C)(CN1CCC(C(C)C)C1)NC1CC1. The minimum absolute atomic E-state index is 0.0973. The van der Waals surface area contributed by atoms with Crippen LogP contribution in [0.5, 0.6) is 0 Å². The van der Waals surface area contributed by atoms with Gasteiger partial charge >= 0.3 is 5.97 Å². The molecule has 2 rings (SSSR count). The summed E-state index contributed by atoms with van der Waals surface area (Å²) < 4.78 is 5.29. The van der Waals surface area contributed by atoms with Gasteiger partial charge in [0.05, 0.1) is 6.61 Å². The largest absolute Gasteiger partial charge is 0.465 e. The first-order valence-corrected chi connectivity index (χ1v) is 8.12. The van der Waals surface area contributed by atoms with E-state index < -0.39 is 5.54 Å². The Balaban J connectivity index is 1.95. The number of ether oxygens (including phenoxy) is 1. The van der Waals surface area contributed by atoms with Gasteiger partial charge in [-0.1, -0.05) is 13.8 Å². The minimum Gasteiger partial charge on any atom is -0.465 e. The van der Waals surface area contributed by atoms with Gasteiger partial charge in [-0.3, -0.25) is 10.1 Å². The first-order chi connectivity index (χ1) is 9.44. The first kappa shape index (κ1) is 15.8. The highest BCUT2D eigenvalue weighted by Crippen LogP contribution is 2.27. The maximum Gasteiger partial charge on any atom is 0.327 e. The molecule has 2 atom stereocenters. The number of esters is 1. The van der Waals surface area contributed by atoms with Crippen LogP contribution in [0.3, 0.4) is 0 Å². The van der Waals surface area contributed by atoms with E-state index in [-0.39, 0.29) is 5.97 Å². The molecule has 4 nitrogen and oxygen atoms in total. The third-order valence-corrected chi connectivity index (χ3v) is 4.62. The van der Waals surface area contributed by atoms with Gasteiger partial charge in [-0.25, -0.2) is 0 Å². The molecular weight excluding hydrogens is 252 g/mol. The number of hydrogen-bond acceptors (Lipinski definition) is 4. The van der Waals surface area contributed by atoms with Crippen molar-refractivity contribution in [1.29, 1.82) is 0 Å². The fraction of sp³-hybridized carbons (Fsp3) is 0.938. The van der Waals surface area contributed by atoms with Crippen LogP contribution in [0.15, 0.2) is 0 Å². The summed E-state index contributed by atoms with van der Waals surface area (Å²) in [6, 6.07) is 0.507. The first-order valence-electron chi connectivity index (χ1n) is 8.12. The van der Waals surface area contributed by atoms with E-state index in [1.54, 1.807) is 0 Å². The van der Waals surface area contributed by atoms with Crippen molar-refractivity contribution in [2.24, 2.45) is 11.8 Å². The summed E-state index contributed by atoms with van der Waals surface area (Å²) in [5.74, 6) is 1.40. The van der Waals surface area contributed by atoms with Gasteiger partial charge in [0.15, 0.2) is 0 Å². The Hall–Kier alpha value is -0.610. The maximum absolute atomic E-state index is 12.3. The Labute approximate surface area is 123 Å². The highest BCUT2D eigenvalue weighted by Gasteiger charge is 2.42. The Kier molecular flexibility index (Phi) is 5.08. The second kappa shape index (κ2) is 6.44. The minimum atomic E-state index is -0.553. The van der Waals surface area contributed by atoms with Crippen molar-refractivity contribution in [1.82, 2.24) is 10.2 Å². The van der Waals surface area contributed by atoms with E-state index >= 15 is 0 Å². The molecule has 0 spiro atoms. The quantitative estimate of drug-likeness (QED) is 0.726. The highest BCUT2D eigenvalue weighted by atomic mass is 16.5. The number of hydrogen-bond donors (Lipinski definition) is 1. The van der Waals surface area contributed by atoms with E-state index in [2.05, 4.69) is 24.1 Å². The van der Waals surface area contributed by atoms with Gasteiger partial charge in [-0.05, 0) is 51.5 Å². The van der Waals surface area contributed by atoms with Gasteiger partial charge in [0.1, 0.15) is 5.54 Å². The zero-order chi connectivity index (χ0) is 14.8. The van der Waals surface area contributed by atoms with Crippen molar-refractivity contribution in [2.45, 2.75) is 58.5 Å². The summed E-state index contributed by atoms with van der Waals surface area (Å²) in [7, 11) is 0. The zero-order valence-corrected chi connectivity index (χ0v) is 13.4. The molecule has 1 aliphatic carbocycles. The van der Waals surface area contributed by atoms with Gasteiger partial charge < -0.3 is 9.64 Å². The Morgan fingerprint density at radius 1 is 1.40 bits per heavy atom. The predicted molar refractivity (Wildman–Crippen MR) is 80.6 cm³/mol. The average molecular weight is 282 g/mol. The van der Waals surface area contributed by atoms with E-state index in [0.717, 1.165) is 31.5 Å². The van der Waals surface area contributed by atoms with Crippen LogP contribution >= 0.6 is 0 Å². The van der Waals surface area contributed by atoms with Crippen LogP contribution < -0.4 is 5.32 Å². The van der Waals surface area contributed by atoms with Gasteiger partial charge in [0.2, 0.25) is 0 Å². The van der Waals surface area contributed by atoms with Crippen molar-refractivity contribution in [3.8, 4) is 0 Å². The van der Waals surface area contributed by atoms with Crippen LogP contribution in [-0.2, 0) is 9.53 Å². The molecule has 4 heteroatoms. The molecule has 0 radical (unpaired) electrons. The molecule has 20 heavy (non-hydrogen) atoms. The summed E-state index contributed by atoms with van der Waals surface area (Å²) in [5.41, 5.74) is -0.553. The van der Waals surface area contributed by atoms with Crippen LogP contribution in [0, 0.1) is 11.8 Å². The van der Waals surface area contributed by atoms with Crippen molar-refractivity contribution < 1.29 is 9.53 Å². The molecule has 2 unspecified atom stereocenters. The number of nitrogens with one attached hydrogen (secondary N) is 1. The normalized spacial score (nSPS) is 26.8. The molecule has 2 fully saturated rings. The number of nitrogens with zero attached hydrogens (tertiary/aromatic N) is 1. The van der Waals surface area contributed by atoms with Crippen LogP contribution in [0.4, 0.5) is 0 Å². The van der Waals surface area contributed by atoms with Crippen molar-refractivity contribution in [3.05, 3.63) is 0 Å². The number of likely N-dealkylation sites (tertiary alicyclic amines) is 1. The van der Waals surface area contributed by atoms with Crippen LogP contribution in [0.1, 0.15) is 47.0 Å². The van der Waals surface area contributed by atoms with Crippen LogP contribution in [0.25, 0.3) is 0 Å². The summed E-state index contributed by atoms with van der Waals surface area (Å²) in [6.45, 7) is 11.9. The average Bonchev–Trinajstić information content (AvgIpc) is 3.05. The number of carbonyl (C=O) groups is 1. The monoisotopic (exact) mass is 282 g/mol. The fourth-order valence-electron chi connectivity index (χ4n) is 3.14. The smallest absolute Gasteiger partial charge is 0.327 e. The molecule has 0 aromatic rings. The third-order valence-electron chi connectivity index (χ3n) is 4.62. The van der Waals surface area contributed by atoms with E-state index in [4.69, 9.17) is 4.74 Å². The van der Waals surface area contributed by atoms with E-state index in [1.165, 1.54) is 19.3 Å². The molecule has 0 aromatic heterocycles. The second-order valence-electron chi connectivity index (χ2n) is 7.00. The Morgan fingerprint density at radius 3 is 2.60 bits per heavy atom. The van der Waals surface area contributed by atoms with Gasteiger partial charge in [0.25, 0.3) is 0 Å². The summed E-state index contributed by atoms with van der Waals surface area (Å²) in [4.78, 5) is 14.7. The van der Waals surface area contributed by atoms with E-state index in [1.807, 2.05) is 13.8 Å². The number of carbonyl (C=O) groups excluding carboxylic acids is 1. The molecule has 1 saturated heterocycles. The summed E-state index contributed by atoms with van der Waals surface area (Å²) in [6.07, 6.45) is 3.62. The zero-order valence-electron chi connectivity index (χ0n) is 13.4. The van der Waals surface area contributed by atoms with Gasteiger partial charge in [0, 0.05) is 19.1 Å². The molecular formula is C16H30N2O2. The lowest BCUT2D eigenvalue weighted by atomic mass is 9.95. The van der Waals surface area contributed by atoms with E-state index in [0.29, 0.717) is 12.6 Å². The Bertz CT molecular complexity index is 341. The molecule has 0 amide bonds.